The quantitative estimate of drug-likeness (QED) is 0.924. The number of rotatable bonds is 4. The second kappa shape index (κ2) is 6.91. The third-order valence-corrected chi connectivity index (χ3v) is 3.67. The normalized spacial score (nSPS) is 20.6. The summed E-state index contributed by atoms with van der Waals surface area (Å²) in [5, 5.41) is 2.95. The molecule has 1 aromatic rings. The van der Waals surface area contributed by atoms with Crippen LogP contribution in [0.3, 0.4) is 0 Å². The van der Waals surface area contributed by atoms with Gasteiger partial charge in [0.25, 0.3) is 5.91 Å². The molecule has 104 valence electrons. The molecule has 0 aromatic heterocycles. The van der Waals surface area contributed by atoms with Gasteiger partial charge in [-0.1, -0.05) is 12.1 Å². The van der Waals surface area contributed by atoms with E-state index in [2.05, 4.69) is 21.2 Å². The average Bonchev–Trinajstić information content (AvgIpc) is 2.42. The van der Waals surface area contributed by atoms with E-state index in [1.165, 1.54) is 0 Å². The van der Waals surface area contributed by atoms with Crippen molar-refractivity contribution in [1.29, 1.82) is 0 Å². The van der Waals surface area contributed by atoms with Gasteiger partial charge in [-0.3, -0.25) is 4.79 Å². The molecule has 0 unspecified atom stereocenters. The Labute approximate surface area is 121 Å². The lowest BCUT2D eigenvalue weighted by atomic mass is 10.1. The van der Waals surface area contributed by atoms with Crippen LogP contribution in [0.4, 0.5) is 0 Å². The predicted octanol–water partition coefficient (Wildman–Crippen LogP) is 2.51. The lowest BCUT2D eigenvalue weighted by molar-refractivity contribution is -0.128. The van der Waals surface area contributed by atoms with Crippen LogP contribution in [-0.4, -0.2) is 31.3 Å². The first-order valence-corrected chi connectivity index (χ1v) is 7.25. The highest BCUT2D eigenvalue weighted by atomic mass is 79.9. The van der Waals surface area contributed by atoms with E-state index in [0.717, 1.165) is 23.9 Å². The summed E-state index contributed by atoms with van der Waals surface area (Å²) in [5.41, 5.74) is 0. The minimum atomic E-state index is -0.527. The fourth-order valence-corrected chi connectivity index (χ4v) is 2.34. The highest BCUT2D eigenvalue weighted by Crippen LogP contribution is 2.24. The van der Waals surface area contributed by atoms with Crippen LogP contribution in [-0.2, 0) is 9.53 Å². The fraction of sp³-hybridized carbons (Fsp3) is 0.500. The first-order chi connectivity index (χ1) is 9.16. The van der Waals surface area contributed by atoms with Crippen molar-refractivity contribution in [3.05, 3.63) is 28.7 Å². The van der Waals surface area contributed by atoms with E-state index < -0.39 is 6.10 Å². The fourth-order valence-electron chi connectivity index (χ4n) is 1.96. The van der Waals surface area contributed by atoms with Crippen molar-refractivity contribution in [3.8, 4) is 5.75 Å². The molecule has 1 amide bonds. The highest BCUT2D eigenvalue weighted by Gasteiger charge is 2.21. The number of halogens is 1. The van der Waals surface area contributed by atoms with E-state index in [1.807, 2.05) is 24.3 Å². The summed E-state index contributed by atoms with van der Waals surface area (Å²) in [5.74, 6) is 0.566. The monoisotopic (exact) mass is 327 g/mol. The van der Waals surface area contributed by atoms with Crippen LogP contribution in [0.15, 0.2) is 28.7 Å². The summed E-state index contributed by atoms with van der Waals surface area (Å²) in [6, 6.07) is 7.60. The molecule has 0 saturated carbocycles. The third kappa shape index (κ3) is 4.21. The third-order valence-electron chi connectivity index (χ3n) is 3.02. The van der Waals surface area contributed by atoms with Gasteiger partial charge >= 0.3 is 0 Å². The Hall–Kier alpha value is -1.07. The SMILES string of the molecule is C[C@H](Oc1ccccc1Br)C(=O)N[C@@H]1CCCOC1. The van der Waals surface area contributed by atoms with E-state index >= 15 is 0 Å². The standard InChI is InChI=1S/C14H18BrNO3/c1-10(19-13-7-3-2-6-12(13)15)14(17)16-11-5-4-8-18-9-11/h2-3,6-7,10-11H,4-5,8-9H2,1H3,(H,16,17)/t10-,11+/m0/s1. The molecule has 0 radical (unpaired) electrons. The van der Waals surface area contributed by atoms with Gasteiger partial charge in [-0.05, 0) is 47.8 Å². The second-order valence-electron chi connectivity index (χ2n) is 4.61. The number of hydrogen-bond acceptors (Lipinski definition) is 3. The molecule has 2 atom stereocenters. The molecule has 0 spiro atoms. The van der Waals surface area contributed by atoms with E-state index in [-0.39, 0.29) is 11.9 Å². The summed E-state index contributed by atoms with van der Waals surface area (Å²) in [6.45, 7) is 3.13. The molecule has 1 N–H and O–H groups in total. The number of amides is 1. The Morgan fingerprint density at radius 1 is 1.53 bits per heavy atom. The molecule has 1 fully saturated rings. The largest absolute Gasteiger partial charge is 0.480 e. The molecule has 2 rings (SSSR count). The lowest BCUT2D eigenvalue weighted by Crippen LogP contribution is -2.46. The zero-order chi connectivity index (χ0) is 13.7. The number of ether oxygens (including phenoxy) is 2. The number of hydrogen-bond donors (Lipinski definition) is 1. The summed E-state index contributed by atoms with van der Waals surface area (Å²) in [7, 11) is 0. The van der Waals surface area contributed by atoms with Gasteiger partial charge in [-0.2, -0.15) is 0 Å². The molecular formula is C14H18BrNO3. The van der Waals surface area contributed by atoms with Crippen molar-refractivity contribution in [2.24, 2.45) is 0 Å². The van der Waals surface area contributed by atoms with E-state index in [9.17, 15) is 4.79 Å². The molecule has 19 heavy (non-hydrogen) atoms. The van der Waals surface area contributed by atoms with E-state index in [4.69, 9.17) is 9.47 Å². The molecule has 1 heterocycles. The van der Waals surface area contributed by atoms with Gasteiger partial charge in [0.15, 0.2) is 6.10 Å². The zero-order valence-electron chi connectivity index (χ0n) is 10.9. The van der Waals surface area contributed by atoms with Crippen molar-refractivity contribution in [3.63, 3.8) is 0 Å². The van der Waals surface area contributed by atoms with Crippen LogP contribution in [0.25, 0.3) is 0 Å². The van der Waals surface area contributed by atoms with E-state index in [1.54, 1.807) is 6.92 Å². The molecular weight excluding hydrogens is 310 g/mol. The first kappa shape index (κ1) is 14.3. The van der Waals surface area contributed by atoms with Crippen LogP contribution in [0.1, 0.15) is 19.8 Å². The Morgan fingerprint density at radius 3 is 3.00 bits per heavy atom. The maximum absolute atomic E-state index is 12.0. The number of carbonyl (C=O) groups excluding carboxylic acids is 1. The topological polar surface area (TPSA) is 47.6 Å². The van der Waals surface area contributed by atoms with Crippen molar-refractivity contribution < 1.29 is 14.3 Å². The minimum Gasteiger partial charge on any atom is -0.480 e. The molecule has 1 aliphatic heterocycles. The number of para-hydroxylation sites is 1. The van der Waals surface area contributed by atoms with Crippen LogP contribution in [0.5, 0.6) is 5.75 Å². The van der Waals surface area contributed by atoms with Gasteiger partial charge in [0, 0.05) is 6.61 Å². The predicted molar refractivity (Wildman–Crippen MR) is 76.2 cm³/mol. The Morgan fingerprint density at radius 2 is 2.32 bits per heavy atom. The molecule has 1 aliphatic rings. The molecule has 0 aliphatic carbocycles. The molecule has 5 heteroatoms. The van der Waals surface area contributed by atoms with Gasteiger partial charge in [0.05, 0.1) is 17.1 Å². The van der Waals surface area contributed by atoms with Crippen LogP contribution in [0, 0.1) is 0 Å². The van der Waals surface area contributed by atoms with Crippen LogP contribution in [0.2, 0.25) is 0 Å². The number of carbonyl (C=O) groups is 1. The summed E-state index contributed by atoms with van der Waals surface area (Å²) >= 11 is 3.40. The van der Waals surface area contributed by atoms with Crippen molar-refractivity contribution in [2.75, 3.05) is 13.2 Å². The number of nitrogens with one attached hydrogen (secondary N) is 1. The summed E-state index contributed by atoms with van der Waals surface area (Å²) < 4.78 is 11.8. The zero-order valence-corrected chi connectivity index (χ0v) is 12.5. The Kier molecular flexibility index (Phi) is 5.22. The summed E-state index contributed by atoms with van der Waals surface area (Å²) in [6.07, 6.45) is 1.43. The van der Waals surface area contributed by atoms with Crippen molar-refractivity contribution in [2.45, 2.75) is 31.9 Å². The van der Waals surface area contributed by atoms with Gasteiger partial charge in [0.2, 0.25) is 0 Å². The maximum Gasteiger partial charge on any atom is 0.261 e. The Balaban J connectivity index is 1.87. The number of benzene rings is 1. The van der Waals surface area contributed by atoms with Crippen molar-refractivity contribution >= 4 is 21.8 Å². The Bertz CT molecular complexity index is 432. The summed E-state index contributed by atoms with van der Waals surface area (Å²) in [4.78, 5) is 12.0. The van der Waals surface area contributed by atoms with Crippen molar-refractivity contribution in [1.82, 2.24) is 5.32 Å². The molecule has 4 nitrogen and oxygen atoms in total. The average molecular weight is 328 g/mol. The second-order valence-corrected chi connectivity index (χ2v) is 5.47. The highest BCUT2D eigenvalue weighted by molar-refractivity contribution is 9.10. The van der Waals surface area contributed by atoms with E-state index in [0.29, 0.717) is 12.4 Å². The molecule has 0 bridgehead atoms. The molecule has 1 saturated heterocycles. The van der Waals surface area contributed by atoms with Gasteiger partial charge in [-0.25, -0.2) is 0 Å². The van der Waals surface area contributed by atoms with Gasteiger partial charge in [-0.15, -0.1) is 0 Å². The minimum absolute atomic E-state index is 0.103. The maximum atomic E-state index is 12.0. The van der Waals surface area contributed by atoms with Crippen LogP contribution < -0.4 is 10.1 Å². The smallest absolute Gasteiger partial charge is 0.261 e. The first-order valence-electron chi connectivity index (χ1n) is 6.46. The lowest BCUT2D eigenvalue weighted by Gasteiger charge is -2.25. The van der Waals surface area contributed by atoms with Crippen LogP contribution >= 0.6 is 15.9 Å². The molecule has 1 aromatic carbocycles. The van der Waals surface area contributed by atoms with Gasteiger partial charge in [0.1, 0.15) is 5.75 Å². The van der Waals surface area contributed by atoms with Gasteiger partial charge < -0.3 is 14.8 Å².